The Morgan fingerprint density at radius 1 is 1.29 bits per heavy atom. The zero-order valence-corrected chi connectivity index (χ0v) is 13.7. The number of carbonyl (C=O) groups excluding carboxylic acids is 1. The lowest BCUT2D eigenvalue weighted by molar-refractivity contribution is -0.117. The van der Waals surface area contributed by atoms with Crippen molar-refractivity contribution in [3.05, 3.63) is 59.7 Å². The maximum absolute atomic E-state index is 12.2. The average Bonchev–Trinajstić information content (AvgIpc) is 3.03. The van der Waals surface area contributed by atoms with Crippen molar-refractivity contribution in [3.8, 4) is 5.75 Å². The highest BCUT2D eigenvalue weighted by Crippen LogP contribution is 2.23. The van der Waals surface area contributed by atoms with Gasteiger partial charge in [0, 0.05) is 12.2 Å². The molecule has 2 atom stereocenters. The summed E-state index contributed by atoms with van der Waals surface area (Å²) in [4.78, 5) is 12.2. The van der Waals surface area contributed by atoms with E-state index in [1.165, 1.54) is 0 Å². The van der Waals surface area contributed by atoms with Gasteiger partial charge in [-0.3, -0.25) is 4.79 Å². The number of rotatable bonds is 5. The molecule has 3 rings (SSSR count). The van der Waals surface area contributed by atoms with Gasteiger partial charge in [0.15, 0.2) is 0 Å². The van der Waals surface area contributed by atoms with E-state index in [9.17, 15) is 9.90 Å². The van der Waals surface area contributed by atoms with Gasteiger partial charge in [-0.2, -0.15) is 0 Å². The van der Waals surface area contributed by atoms with Crippen molar-refractivity contribution in [2.75, 3.05) is 11.9 Å². The van der Waals surface area contributed by atoms with Gasteiger partial charge in [-0.15, -0.1) is 0 Å². The van der Waals surface area contributed by atoms with Crippen LogP contribution in [0.4, 0.5) is 5.69 Å². The molecule has 5 heteroatoms. The largest absolute Gasteiger partial charge is 0.489 e. The first-order valence-corrected chi connectivity index (χ1v) is 8.11. The van der Waals surface area contributed by atoms with Crippen molar-refractivity contribution in [1.82, 2.24) is 5.32 Å². The molecule has 1 aliphatic rings. The highest BCUT2D eigenvalue weighted by Gasteiger charge is 2.28. The van der Waals surface area contributed by atoms with Gasteiger partial charge in [0.25, 0.3) is 0 Å². The van der Waals surface area contributed by atoms with Crippen molar-refractivity contribution in [1.29, 1.82) is 0 Å². The zero-order chi connectivity index (χ0) is 16.9. The molecule has 0 aromatic heterocycles. The Hall–Kier alpha value is -2.37. The second-order valence-electron chi connectivity index (χ2n) is 6.09. The van der Waals surface area contributed by atoms with Crippen molar-refractivity contribution in [3.63, 3.8) is 0 Å². The van der Waals surface area contributed by atoms with Crippen LogP contribution in [0.5, 0.6) is 5.75 Å². The summed E-state index contributed by atoms with van der Waals surface area (Å²) in [7, 11) is 0. The molecule has 0 bridgehead atoms. The molecule has 1 saturated heterocycles. The fraction of sp³-hybridized carbons (Fsp3) is 0.316. The molecule has 0 aliphatic carbocycles. The molecule has 1 aliphatic heterocycles. The van der Waals surface area contributed by atoms with Crippen LogP contribution in [0.2, 0.25) is 0 Å². The maximum Gasteiger partial charge on any atom is 0.241 e. The number of nitrogens with one attached hydrogen (secondary N) is 2. The first-order chi connectivity index (χ1) is 11.6. The molecule has 1 heterocycles. The van der Waals surface area contributed by atoms with Crippen LogP contribution < -0.4 is 15.4 Å². The Morgan fingerprint density at radius 2 is 2.08 bits per heavy atom. The first kappa shape index (κ1) is 16.5. The highest BCUT2D eigenvalue weighted by molar-refractivity contribution is 5.95. The normalized spacial score (nSPS) is 19.9. The van der Waals surface area contributed by atoms with Crippen molar-refractivity contribution in [2.24, 2.45) is 0 Å². The molecule has 1 fully saturated rings. The van der Waals surface area contributed by atoms with Gasteiger partial charge in [0.2, 0.25) is 5.91 Å². The van der Waals surface area contributed by atoms with Crippen LogP contribution in [0.3, 0.4) is 0 Å². The number of anilines is 1. The summed E-state index contributed by atoms with van der Waals surface area (Å²) in [6.07, 6.45) is -0.000939. The molecule has 2 aromatic carbocycles. The quantitative estimate of drug-likeness (QED) is 0.788. The predicted octanol–water partition coefficient (Wildman–Crippen LogP) is 2.24. The molecule has 24 heavy (non-hydrogen) atoms. The maximum atomic E-state index is 12.2. The molecule has 0 saturated carbocycles. The van der Waals surface area contributed by atoms with E-state index >= 15 is 0 Å². The van der Waals surface area contributed by atoms with E-state index in [1.54, 1.807) is 0 Å². The fourth-order valence-electron chi connectivity index (χ4n) is 2.74. The van der Waals surface area contributed by atoms with Crippen LogP contribution in [0, 0.1) is 6.92 Å². The molecule has 1 amide bonds. The Kier molecular flexibility index (Phi) is 5.13. The summed E-state index contributed by atoms with van der Waals surface area (Å²) in [6, 6.07) is 15.2. The number of hydrogen-bond acceptors (Lipinski definition) is 4. The van der Waals surface area contributed by atoms with E-state index in [2.05, 4.69) is 10.6 Å². The average molecular weight is 326 g/mol. The van der Waals surface area contributed by atoms with E-state index in [4.69, 9.17) is 4.74 Å². The van der Waals surface area contributed by atoms with E-state index < -0.39 is 6.10 Å². The zero-order valence-electron chi connectivity index (χ0n) is 13.7. The fourth-order valence-corrected chi connectivity index (χ4v) is 2.74. The van der Waals surface area contributed by atoms with E-state index in [0.717, 1.165) is 22.6 Å². The van der Waals surface area contributed by atoms with Gasteiger partial charge < -0.3 is 20.5 Å². The van der Waals surface area contributed by atoms with Crippen LogP contribution >= 0.6 is 0 Å². The third-order valence-electron chi connectivity index (χ3n) is 4.13. The summed E-state index contributed by atoms with van der Waals surface area (Å²) in [5.41, 5.74) is 2.81. The van der Waals surface area contributed by atoms with Crippen LogP contribution in [0.1, 0.15) is 17.5 Å². The van der Waals surface area contributed by atoms with Gasteiger partial charge in [-0.1, -0.05) is 30.3 Å². The number of ether oxygens (including phenoxy) is 1. The lowest BCUT2D eigenvalue weighted by Gasteiger charge is -2.14. The predicted molar refractivity (Wildman–Crippen MR) is 93.0 cm³/mol. The third kappa shape index (κ3) is 4.13. The second-order valence-corrected chi connectivity index (χ2v) is 6.09. The molecule has 0 spiro atoms. The lowest BCUT2D eigenvalue weighted by atomic mass is 10.1. The molecular weight excluding hydrogens is 304 g/mol. The highest BCUT2D eigenvalue weighted by atomic mass is 16.5. The molecule has 2 aromatic rings. The SMILES string of the molecule is Cc1cc(OCc2ccccc2)ccc1NC(=O)C1CC(O)CN1. The minimum absolute atomic E-state index is 0.118. The Labute approximate surface area is 141 Å². The van der Waals surface area contributed by atoms with Gasteiger partial charge in [-0.05, 0) is 42.7 Å². The lowest BCUT2D eigenvalue weighted by Crippen LogP contribution is -2.35. The number of β-amino-alcohol motifs (C(OH)–C–C–N with tert-alkyl or cyclic N) is 1. The van der Waals surface area contributed by atoms with E-state index in [0.29, 0.717) is 19.6 Å². The van der Waals surface area contributed by atoms with Gasteiger partial charge in [0.1, 0.15) is 12.4 Å². The molecule has 126 valence electrons. The summed E-state index contributed by atoms with van der Waals surface area (Å²) in [6.45, 7) is 2.90. The molecule has 5 nitrogen and oxygen atoms in total. The smallest absolute Gasteiger partial charge is 0.241 e. The topological polar surface area (TPSA) is 70.6 Å². The number of amides is 1. The van der Waals surface area contributed by atoms with Crippen molar-refractivity contribution in [2.45, 2.75) is 32.1 Å². The van der Waals surface area contributed by atoms with Gasteiger partial charge >= 0.3 is 0 Å². The van der Waals surface area contributed by atoms with Crippen LogP contribution in [0.15, 0.2) is 48.5 Å². The van der Waals surface area contributed by atoms with Gasteiger partial charge in [0.05, 0.1) is 12.1 Å². The number of aryl methyl sites for hydroxylation is 1. The minimum atomic E-state index is -0.449. The number of benzene rings is 2. The first-order valence-electron chi connectivity index (χ1n) is 8.11. The number of hydrogen-bond donors (Lipinski definition) is 3. The van der Waals surface area contributed by atoms with E-state index in [-0.39, 0.29) is 11.9 Å². The molecule has 3 N–H and O–H groups in total. The minimum Gasteiger partial charge on any atom is -0.489 e. The third-order valence-corrected chi connectivity index (χ3v) is 4.13. The van der Waals surface area contributed by atoms with Crippen LogP contribution in [-0.4, -0.2) is 29.7 Å². The summed E-state index contributed by atoms with van der Waals surface area (Å²) < 4.78 is 5.79. The number of carbonyl (C=O) groups is 1. The standard InChI is InChI=1S/C19H22N2O3/c1-13-9-16(24-12-14-5-3-2-4-6-14)7-8-17(13)21-19(23)18-10-15(22)11-20-18/h2-9,15,18,20,22H,10-12H2,1H3,(H,21,23). The monoisotopic (exact) mass is 326 g/mol. The Bertz CT molecular complexity index is 703. The Morgan fingerprint density at radius 3 is 2.75 bits per heavy atom. The second kappa shape index (κ2) is 7.47. The van der Waals surface area contributed by atoms with E-state index in [1.807, 2.05) is 55.5 Å². The van der Waals surface area contributed by atoms with Crippen LogP contribution in [0.25, 0.3) is 0 Å². The summed E-state index contributed by atoms with van der Waals surface area (Å²) in [5, 5.41) is 15.4. The number of aliphatic hydroxyl groups is 1. The van der Waals surface area contributed by atoms with Crippen LogP contribution in [-0.2, 0) is 11.4 Å². The molecule has 2 unspecified atom stereocenters. The van der Waals surface area contributed by atoms with Crippen molar-refractivity contribution >= 4 is 11.6 Å². The molecule has 0 radical (unpaired) electrons. The molecular formula is C19H22N2O3. The summed E-state index contributed by atoms with van der Waals surface area (Å²) in [5.74, 6) is 0.649. The van der Waals surface area contributed by atoms with Crippen molar-refractivity contribution < 1.29 is 14.6 Å². The Balaban J connectivity index is 1.59. The van der Waals surface area contributed by atoms with Gasteiger partial charge in [-0.25, -0.2) is 0 Å². The number of aliphatic hydroxyl groups excluding tert-OH is 1. The summed E-state index contributed by atoms with van der Waals surface area (Å²) >= 11 is 0.